The molecule has 1 fully saturated rings. The molecule has 1 heterocycles. The molecular formula is C17H22N2O2S. The summed E-state index contributed by atoms with van der Waals surface area (Å²) in [5.74, 6) is 0.895. The highest BCUT2D eigenvalue weighted by Crippen LogP contribution is 2.34. The molecule has 1 aliphatic carbocycles. The van der Waals surface area contributed by atoms with E-state index in [1.165, 1.54) is 19.3 Å². The van der Waals surface area contributed by atoms with Crippen LogP contribution in [0.25, 0.3) is 0 Å². The van der Waals surface area contributed by atoms with Crippen molar-refractivity contribution in [1.82, 2.24) is 5.32 Å². The summed E-state index contributed by atoms with van der Waals surface area (Å²) < 4.78 is 0. The van der Waals surface area contributed by atoms with Crippen LogP contribution in [0.2, 0.25) is 0 Å². The Bertz CT molecular complexity index is 576. The lowest BCUT2D eigenvalue weighted by Gasteiger charge is -2.32. The largest absolute Gasteiger partial charge is 0.352 e. The number of nitrogens with zero attached hydrogens (tertiary/aromatic N) is 1. The molecule has 2 atom stereocenters. The van der Waals surface area contributed by atoms with Gasteiger partial charge in [0, 0.05) is 10.9 Å². The zero-order valence-electron chi connectivity index (χ0n) is 12.9. The number of carbonyl (C=O) groups excluding carboxylic acids is 2. The fourth-order valence-electron chi connectivity index (χ4n) is 3.25. The highest BCUT2D eigenvalue weighted by molar-refractivity contribution is 8.00. The second-order valence-corrected chi connectivity index (χ2v) is 7.19. The first kappa shape index (κ1) is 15.4. The molecule has 1 aromatic carbocycles. The Morgan fingerprint density at radius 3 is 2.91 bits per heavy atom. The molecule has 0 aromatic heterocycles. The SMILES string of the molecule is C[C@H]1CCCC[C@@H]1NC(=O)CN1C(=O)CSc2ccccc21. The first-order valence-corrected chi connectivity index (χ1v) is 8.95. The molecule has 3 rings (SSSR count). The fraction of sp³-hybridized carbons (Fsp3) is 0.529. The third-order valence-corrected chi connectivity index (χ3v) is 5.62. The van der Waals surface area contributed by atoms with Crippen LogP contribution in [0.3, 0.4) is 0 Å². The van der Waals surface area contributed by atoms with Crippen LogP contribution >= 0.6 is 11.8 Å². The molecule has 5 heteroatoms. The molecule has 0 bridgehead atoms. The maximum Gasteiger partial charge on any atom is 0.240 e. The normalized spacial score (nSPS) is 24.8. The Kier molecular flexibility index (Phi) is 4.71. The first-order chi connectivity index (χ1) is 10.6. The second-order valence-electron chi connectivity index (χ2n) is 6.17. The molecule has 0 saturated heterocycles. The van der Waals surface area contributed by atoms with Gasteiger partial charge in [0.2, 0.25) is 11.8 Å². The van der Waals surface area contributed by atoms with Crippen molar-refractivity contribution < 1.29 is 9.59 Å². The van der Waals surface area contributed by atoms with Gasteiger partial charge in [-0.3, -0.25) is 9.59 Å². The standard InChI is InChI=1S/C17H22N2O2S/c1-12-6-2-3-7-13(12)18-16(20)10-19-14-8-4-5-9-15(14)22-11-17(19)21/h4-5,8-9,12-13H,2-3,6-7,10-11H2,1H3,(H,18,20)/t12-,13-/m0/s1. The maximum atomic E-state index is 12.4. The average molecular weight is 318 g/mol. The lowest BCUT2D eigenvalue weighted by atomic mass is 9.86. The van der Waals surface area contributed by atoms with Crippen molar-refractivity contribution in [3.63, 3.8) is 0 Å². The molecule has 22 heavy (non-hydrogen) atoms. The first-order valence-electron chi connectivity index (χ1n) is 7.96. The van der Waals surface area contributed by atoms with Gasteiger partial charge >= 0.3 is 0 Å². The van der Waals surface area contributed by atoms with Crippen molar-refractivity contribution in [2.45, 2.75) is 43.5 Å². The van der Waals surface area contributed by atoms with E-state index < -0.39 is 0 Å². The van der Waals surface area contributed by atoms with Gasteiger partial charge in [-0.1, -0.05) is 31.9 Å². The van der Waals surface area contributed by atoms with E-state index in [0.717, 1.165) is 17.0 Å². The number of amides is 2. The zero-order chi connectivity index (χ0) is 15.5. The quantitative estimate of drug-likeness (QED) is 0.932. The van der Waals surface area contributed by atoms with Gasteiger partial charge < -0.3 is 10.2 Å². The summed E-state index contributed by atoms with van der Waals surface area (Å²) in [7, 11) is 0. The van der Waals surface area contributed by atoms with E-state index in [9.17, 15) is 9.59 Å². The minimum atomic E-state index is -0.0474. The van der Waals surface area contributed by atoms with Crippen molar-refractivity contribution in [3.8, 4) is 0 Å². The summed E-state index contributed by atoms with van der Waals surface area (Å²) in [4.78, 5) is 27.2. The molecule has 1 saturated carbocycles. The van der Waals surface area contributed by atoms with Gasteiger partial charge in [0.25, 0.3) is 0 Å². The average Bonchev–Trinajstić information content (AvgIpc) is 2.52. The highest BCUT2D eigenvalue weighted by Gasteiger charge is 2.28. The molecule has 0 radical (unpaired) electrons. The van der Waals surface area contributed by atoms with Gasteiger partial charge in [-0.15, -0.1) is 11.8 Å². The Hall–Kier alpha value is -1.49. The van der Waals surface area contributed by atoms with Gasteiger partial charge in [0.15, 0.2) is 0 Å². The van der Waals surface area contributed by atoms with E-state index in [1.54, 1.807) is 16.7 Å². The predicted molar refractivity (Wildman–Crippen MR) is 89.1 cm³/mol. The minimum Gasteiger partial charge on any atom is -0.352 e. The van der Waals surface area contributed by atoms with Crippen molar-refractivity contribution in [2.24, 2.45) is 5.92 Å². The van der Waals surface area contributed by atoms with E-state index in [-0.39, 0.29) is 24.4 Å². The highest BCUT2D eigenvalue weighted by atomic mass is 32.2. The van der Waals surface area contributed by atoms with E-state index in [4.69, 9.17) is 0 Å². The Balaban J connectivity index is 1.67. The fourth-order valence-corrected chi connectivity index (χ4v) is 4.19. The third kappa shape index (κ3) is 3.29. The molecule has 2 aliphatic rings. The Morgan fingerprint density at radius 1 is 1.32 bits per heavy atom. The van der Waals surface area contributed by atoms with Crippen LogP contribution < -0.4 is 10.2 Å². The zero-order valence-corrected chi connectivity index (χ0v) is 13.7. The van der Waals surface area contributed by atoms with Crippen LogP contribution in [0.15, 0.2) is 29.2 Å². The second kappa shape index (κ2) is 6.73. The molecular weight excluding hydrogens is 296 g/mol. The summed E-state index contributed by atoms with van der Waals surface area (Å²) in [5.41, 5.74) is 0.857. The topological polar surface area (TPSA) is 49.4 Å². The lowest BCUT2D eigenvalue weighted by Crippen LogP contribution is -2.48. The summed E-state index contributed by atoms with van der Waals surface area (Å²) >= 11 is 1.54. The monoisotopic (exact) mass is 318 g/mol. The molecule has 4 nitrogen and oxygen atoms in total. The van der Waals surface area contributed by atoms with Crippen LogP contribution in [0, 0.1) is 5.92 Å². The maximum absolute atomic E-state index is 12.4. The van der Waals surface area contributed by atoms with Gasteiger partial charge in [-0.05, 0) is 30.9 Å². The van der Waals surface area contributed by atoms with Crippen LogP contribution in [0.5, 0.6) is 0 Å². The minimum absolute atomic E-state index is 0.00976. The number of fused-ring (bicyclic) bond motifs is 1. The van der Waals surface area contributed by atoms with Crippen molar-refractivity contribution in [3.05, 3.63) is 24.3 Å². The number of anilines is 1. The summed E-state index contributed by atoms with van der Waals surface area (Å²) in [6.07, 6.45) is 4.65. The molecule has 0 unspecified atom stereocenters. The summed E-state index contributed by atoms with van der Waals surface area (Å²) in [5, 5.41) is 3.13. The summed E-state index contributed by atoms with van der Waals surface area (Å²) in [6.45, 7) is 2.32. The van der Waals surface area contributed by atoms with Gasteiger partial charge in [-0.25, -0.2) is 0 Å². The molecule has 2 amide bonds. The van der Waals surface area contributed by atoms with Crippen LogP contribution in [-0.2, 0) is 9.59 Å². The molecule has 1 N–H and O–H groups in total. The number of hydrogen-bond donors (Lipinski definition) is 1. The number of rotatable bonds is 3. The van der Waals surface area contributed by atoms with Gasteiger partial charge in [0.1, 0.15) is 6.54 Å². The molecule has 0 spiro atoms. The predicted octanol–water partition coefficient (Wildman–Crippen LogP) is 2.82. The number of carbonyl (C=O) groups is 2. The Morgan fingerprint density at radius 2 is 2.09 bits per heavy atom. The third-order valence-electron chi connectivity index (χ3n) is 4.57. The van der Waals surface area contributed by atoms with Gasteiger partial charge in [0.05, 0.1) is 11.4 Å². The number of nitrogens with one attached hydrogen (secondary N) is 1. The lowest BCUT2D eigenvalue weighted by molar-refractivity contribution is -0.123. The molecule has 1 aliphatic heterocycles. The molecule has 1 aromatic rings. The number of hydrogen-bond acceptors (Lipinski definition) is 3. The van der Waals surface area contributed by atoms with E-state index in [2.05, 4.69) is 12.2 Å². The van der Waals surface area contributed by atoms with Crippen LogP contribution in [-0.4, -0.2) is 30.2 Å². The molecule has 118 valence electrons. The summed E-state index contributed by atoms with van der Waals surface area (Å²) in [6, 6.07) is 8.04. The number of thioether (sulfide) groups is 1. The van der Waals surface area contributed by atoms with E-state index in [0.29, 0.717) is 11.7 Å². The van der Waals surface area contributed by atoms with Gasteiger partial charge in [-0.2, -0.15) is 0 Å². The van der Waals surface area contributed by atoms with E-state index in [1.807, 2.05) is 24.3 Å². The number of para-hydroxylation sites is 1. The van der Waals surface area contributed by atoms with Crippen LogP contribution in [0.1, 0.15) is 32.6 Å². The van der Waals surface area contributed by atoms with Crippen molar-refractivity contribution in [2.75, 3.05) is 17.2 Å². The Labute approximate surface area is 135 Å². The van der Waals surface area contributed by atoms with E-state index >= 15 is 0 Å². The smallest absolute Gasteiger partial charge is 0.240 e. The number of benzene rings is 1. The van der Waals surface area contributed by atoms with Crippen molar-refractivity contribution >= 4 is 29.3 Å². The van der Waals surface area contributed by atoms with Crippen LogP contribution in [0.4, 0.5) is 5.69 Å². The van der Waals surface area contributed by atoms with Crippen molar-refractivity contribution in [1.29, 1.82) is 0 Å².